The third-order valence-electron chi connectivity index (χ3n) is 2.14. The maximum atomic E-state index is 12.1. The van der Waals surface area contributed by atoms with Crippen molar-refractivity contribution in [3.63, 3.8) is 0 Å². The molecule has 0 fully saturated rings. The summed E-state index contributed by atoms with van der Waals surface area (Å²) in [7, 11) is 0. The molecule has 1 heterocycles. The first kappa shape index (κ1) is 12.7. The van der Waals surface area contributed by atoms with Gasteiger partial charge in [0.25, 0.3) is 0 Å². The van der Waals surface area contributed by atoms with Crippen LogP contribution in [0.3, 0.4) is 0 Å². The van der Waals surface area contributed by atoms with Crippen LogP contribution in [0.2, 0.25) is 0 Å². The predicted octanol–water partition coefficient (Wildman–Crippen LogP) is 1.72. The van der Waals surface area contributed by atoms with Crippen LogP contribution in [0.15, 0.2) is 43.2 Å². The van der Waals surface area contributed by atoms with Gasteiger partial charge in [0.15, 0.2) is 5.11 Å². The van der Waals surface area contributed by atoms with E-state index >= 15 is 0 Å². The Morgan fingerprint density at radius 1 is 1.56 bits per heavy atom. The molecule has 0 aliphatic carbocycles. The predicted molar refractivity (Wildman–Crippen MR) is 77.7 cm³/mol. The second kappa shape index (κ2) is 5.28. The Hall–Kier alpha value is -1.73. The number of benzene rings is 1. The minimum absolute atomic E-state index is 0.0281. The van der Waals surface area contributed by atoms with E-state index in [0.29, 0.717) is 16.5 Å². The van der Waals surface area contributed by atoms with Gasteiger partial charge in [-0.25, -0.2) is 0 Å². The zero-order valence-corrected chi connectivity index (χ0v) is 11.4. The molecular weight excluding hydrogens is 318 g/mol. The summed E-state index contributed by atoms with van der Waals surface area (Å²) in [5, 5.41) is 4.23. The van der Waals surface area contributed by atoms with E-state index in [2.05, 4.69) is 38.7 Å². The van der Waals surface area contributed by atoms with E-state index in [1.54, 1.807) is 18.2 Å². The highest BCUT2D eigenvalue weighted by Crippen LogP contribution is 2.17. The van der Waals surface area contributed by atoms with Gasteiger partial charge in [-0.15, -0.1) is 0 Å². The quantitative estimate of drug-likeness (QED) is 0.499. The first-order chi connectivity index (χ1) is 8.58. The molecule has 1 aromatic heterocycles. The summed E-state index contributed by atoms with van der Waals surface area (Å²) < 4.78 is 6.19. The zero-order chi connectivity index (χ0) is 13.1. The average molecular weight is 326 g/mol. The summed E-state index contributed by atoms with van der Waals surface area (Å²) in [6.45, 7) is 0. The van der Waals surface area contributed by atoms with E-state index in [1.807, 2.05) is 0 Å². The fourth-order valence-electron chi connectivity index (χ4n) is 1.37. The van der Waals surface area contributed by atoms with E-state index in [0.717, 1.165) is 4.47 Å². The van der Waals surface area contributed by atoms with Crippen LogP contribution >= 0.6 is 28.1 Å². The van der Waals surface area contributed by atoms with Crippen molar-refractivity contribution in [2.45, 2.75) is 0 Å². The van der Waals surface area contributed by atoms with Gasteiger partial charge in [-0.3, -0.25) is 10.2 Å². The molecule has 7 heteroatoms. The monoisotopic (exact) mass is 325 g/mol. The number of fused-ring (bicyclic) bond motifs is 1. The Morgan fingerprint density at radius 2 is 2.33 bits per heavy atom. The van der Waals surface area contributed by atoms with Gasteiger partial charge in [0.05, 0.1) is 17.2 Å². The maximum absolute atomic E-state index is 12.1. The van der Waals surface area contributed by atoms with Crippen molar-refractivity contribution in [3.8, 4) is 0 Å². The van der Waals surface area contributed by atoms with Crippen LogP contribution in [0.25, 0.3) is 11.0 Å². The Balaban J connectivity index is 2.45. The molecule has 5 nitrogen and oxygen atoms in total. The van der Waals surface area contributed by atoms with Crippen LogP contribution in [-0.4, -0.2) is 11.3 Å². The molecule has 1 aromatic carbocycles. The number of thiocarbonyl (C=S) groups is 1. The molecule has 92 valence electrons. The van der Waals surface area contributed by atoms with Gasteiger partial charge in [0.2, 0.25) is 5.43 Å². The van der Waals surface area contributed by atoms with Gasteiger partial charge >= 0.3 is 0 Å². The van der Waals surface area contributed by atoms with Crippen LogP contribution < -0.4 is 16.6 Å². The van der Waals surface area contributed by atoms with Crippen molar-refractivity contribution in [2.75, 3.05) is 0 Å². The Kier molecular flexibility index (Phi) is 3.73. The summed E-state index contributed by atoms with van der Waals surface area (Å²) in [6.07, 6.45) is 2.65. The lowest BCUT2D eigenvalue weighted by atomic mass is 10.2. The number of hydrogen-bond acceptors (Lipinski definition) is 4. The topological polar surface area (TPSA) is 80.6 Å². The fourth-order valence-corrected chi connectivity index (χ4v) is 1.76. The van der Waals surface area contributed by atoms with Gasteiger partial charge in [-0.05, 0) is 30.4 Å². The van der Waals surface area contributed by atoms with E-state index in [-0.39, 0.29) is 10.5 Å². The van der Waals surface area contributed by atoms with Crippen molar-refractivity contribution in [2.24, 2.45) is 10.8 Å². The molecule has 18 heavy (non-hydrogen) atoms. The summed E-state index contributed by atoms with van der Waals surface area (Å²) >= 11 is 7.89. The van der Waals surface area contributed by atoms with Crippen molar-refractivity contribution in [3.05, 3.63) is 44.7 Å². The molecule has 0 unspecified atom stereocenters. The largest absolute Gasteiger partial charge is 0.463 e. The lowest BCUT2D eigenvalue weighted by Crippen LogP contribution is -2.24. The summed E-state index contributed by atoms with van der Waals surface area (Å²) in [5.74, 6) is 0. The van der Waals surface area contributed by atoms with Crippen molar-refractivity contribution < 1.29 is 4.42 Å². The fraction of sp³-hybridized carbons (Fsp3) is 0. The smallest absolute Gasteiger partial charge is 0.201 e. The van der Waals surface area contributed by atoms with Crippen molar-refractivity contribution in [1.29, 1.82) is 0 Å². The molecular formula is C11H8BrN3O2S. The Morgan fingerprint density at radius 3 is 3.06 bits per heavy atom. The number of hydrogen-bond donors (Lipinski definition) is 2. The number of rotatable bonds is 2. The van der Waals surface area contributed by atoms with E-state index in [4.69, 9.17) is 10.2 Å². The normalized spacial score (nSPS) is 10.9. The second-order valence-corrected chi connectivity index (χ2v) is 4.75. The molecule has 0 amide bonds. The number of halogens is 1. The molecule has 2 aromatic rings. The molecule has 0 aliphatic heterocycles. The molecule has 0 atom stereocenters. The van der Waals surface area contributed by atoms with Gasteiger partial charge in [-0.2, -0.15) is 5.10 Å². The van der Waals surface area contributed by atoms with Gasteiger partial charge < -0.3 is 10.2 Å². The summed E-state index contributed by atoms with van der Waals surface area (Å²) in [5.41, 5.74) is 8.22. The Bertz CT molecular complexity index is 696. The molecule has 0 saturated heterocycles. The van der Waals surface area contributed by atoms with Crippen LogP contribution in [0.4, 0.5) is 0 Å². The van der Waals surface area contributed by atoms with Crippen LogP contribution in [0.1, 0.15) is 5.56 Å². The SMILES string of the molecule is NC(=S)N/N=C\c1coc2cc(Br)ccc2c1=O. The molecule has 2 rings (SSSR count). The molecule has 0 spiro atoms. The molecule has 0 saturated carbocycles. The van der Waals surface area contributed by atoms with Gasteiger partial charge in [0, 0.05) is 4.47 Å². The van der Waals surface area contributed by atoms with E-state index in [9.17, 15) is 4.79 Å². The van der Waals surface area contributed by atoms with Crippen LogP contribution in [0, 0.1) is 0 Å². The summed E-state index contributed by atoms with van der Waals surface area (Å²) in [4.78, 5) is 12.1. The first-order valence-corrected chi connectivity index (χ1v) is 6.07. The standard InChI is InChI=1S/C11H8BrN3O2S/c12-7-1-2-8-9(3-7)17-5-6(10(8)16)4-14-15-11(13)18/h1-5H,(H3,13,15,18)/b14-4-. The maximum Gasteiger partial charge on any atom is 0.201 e. The number of hydrazone groups is 1. The lowest BCUT2D eigenvalue weighted by Gasteiger charge is -1.99. The lowest BCUT2D eigenvalue weighted by molar-refractivity contribution is 0.601. The van der Waals surface area contributed by atoms with Gasteiger partial charge in [-0.1, -0.05) is 15.9 Å². The van der Waals surface area contributed by atoms with E-state index in [1.165, 1.54) is 12.5 Å². The zero-order valence-electron chi connectivity index (χ0n) is 9.01. The molecule has 0 radical (unpaired) electrons. The van der Waals surface area contributed by atoms with Crippen LogP contribution in [0.5, 0.6) is 0 Å². The molecule has 0 aliphatic rings. The third-order valence-corrected chi connectivity index (χ3v) is 2.73. The highest BCUT2D eigenvalue weighted by atomic mass is 79.9. The number of nitrogens with two attached hydrogens (primary N) is 1. The minimum atomic E-state index is -0.169. The summed E-state index contributed by atoms with van der Waals surface area (Å²) in [6, 6.07) is 5.18. The van der Waals surface area contributed by atoms with Crippen molar-refractivity contribution in [1.82, 2.24) is 5.43 Å². The van der Waals surface area contributed by atoms with E-state index < -0.39 is 0 Å². The highest BCUT2D eigenvalue weighted by molar-refractivity contribution is 9.10. The molecule has 3 N–H and O–H groups in total. The number of nitrogens with zero attached hydrogens (tertiary/aromatic N) is 1. The van der Waals surface area contributed by atoms with Crippen molar-refractivity contribution >= 4 is 50.4 Å². The average Bonchev–Trinajstić information content (AvgIpc) is 2.31. The van der Waals surface area contributed by atoms with Gasteiger partial charge in [0.1, 0.15) is 11.8 Å². The number of nitrogens with one attached hydrogen (secondary N) is 1. The third kappa shape index (κ3) is 2.74. The second-order valence-electron chi connectivity index (χ2n) is 3.39. The highest BCUT2D eigenvalue weighted by Gasteiger charge is 2.05. The van der Waals surface area contributed by atoms with Crippen LogP contribution in [-0.2, 0) is 0 Å². The minimum Gasteiger partial charge on any atom is -0.463 e. The Labute approximate surface area is 116 Å². The first-order valence-electron chi connectivity index (χ1n) is 4.87. The molecule has 0 bridgehead atoms.